The summed E-state index contributed by atoms with van der Waals surface area (Å²) in [4.78, 5) is 33.4. The molecule has 1 heterocycles. The van der Waals surface area contributed by atoms with Crippen molar-refractivity contribution in [3.05, 3.63) is 16.7 Å². The van der Waals surface area contributed by atoms with Crippen molar-refractivity contribution in [1.29, 1.82) is 0 Å². The zero-order valence-electron chi connectivity index (χ0n) is 12.4. The predicted octanol–water partition coefficient (Wildman–Crippen LogP) is 1.59. The molecule has 0 fully saturated rings. The number of methoxy groups -OCH3 is 1. The van der Waals surface area contributed by atoms with Gasteiger partial charge in [-0.15, -0.1) is 10.0 Å². The summed E-state index contributed by atoms with van der Waals surface area (Å²) in [5.74, 6) is -0.776. The van der Waals surface area contributed by atoms with Gasteiger partial charge < -0.3 is 14.8 Å². The third kappa shape index (κ3) is 5.21. The molecule has 116 valence electrons. The molecule has 9 heteroatoms. The Kier molecular flexibility index (Phi) is 5.39. The van der Waals surface area contributed by atoms with Crippen molar-refractivity contribution in [1.82, 2.24) is 15.1 Å². The Morgan fingerprint density at radius 3 is 2.62 bits per heavy atom. The average Bonchev–Trinajstić information content (AvgIpc) is 2.79. The second kappa shape index (κ2) is 6.82. The third-order valence-electron chi connectivity index (χ3n) is 2.25. The number of aromatic nitrogens is 2. The summed E-state index contributed by atoms with van der Waals surface area (Å²) < 4.78 is 10.9. The summed E-state index contributed by atoms with van der Waals surface area (Å²) in [6.07, 6.45) is -0.581. The Morgan fingerprint density at radius 1 is 1.43 bits per heavy atom. The van der Waals surface area contributed by atoms with Crippen molar-refractivity contribution in [2.45, 2.75) is 32.9 Å². The summed E-state index contributed by atoms with van der Waals surface area (Å²) in [6, 6.07) is 1.21. The summed E-state index contributed by atoms with van der Waals surface area (Å²) >= 11 is 0. The van der Waals surface area contributed by atoms with Crippen LogP contribution in [0.2, 0.25) is 0 Å². The SMILES string of the molecule is COC(=O)c1cc(N=O)nn1CCNC(=O)OC(C)(C)C. The van der Waals surface area contributed by atoms with Gasteiger partial charge in [0.2, 0.25) is 5.82 Å². The molecule has 9 nitrogen and oxygen atoms in total. The van der Waals surface area contributed by atoms with Gasteiger partial charge in [-0.05, 0) is 25.9 Å². The van der Waals surface area contributed by atoms with E-state index in [-0.39, 0.29) is 24.6 Å². The van der Waals surface area contributed by atoms with Gasteiger partial charge >= 0.3 is 12.1 Å². The molecule has 1 aromatic heterocycles. The topological polar surface area (TPSA) is 112 Å². The molecule has 0 saturated carbocycles. The Bertz CT molecular complexity index is 532. The number of rotatable bonds is 5. The quantitative estimate of drug-likeness (QED) is 0.652. The van der Waals surface area contributed by atoms with E-state index >= 15 is 0 Å². The number of nitroso groups, excluding NO2 is 1. The van der Waals surface area contributed by atoms with Crippen LogP contribution in [0.5, 0.6) is 0 Å². The lowest BCUT2D eigenvalue weighted by Crippen LogP contribution is -2.34. The van der Waals surface area contributed by atoms with Crippen LogP contribution in [0.4, 0.5) is 10.6 Å². The third-order valence-corrected chi connectivity index (χ3v) is 2.25. The maximum absolute atomic E-state index is 11.5. The first-order chi connectivity index (χ1) is 9.76. The zero-order valence-corrected chi connectivity index (χ0v) is 12.4. The molecule has 1 aromatic rings. The van der Waals surface area contributed by atoms with Crippen molar-refractivity contribution in [2.24, 2.45) is 5.18 Å². The van der Waals surface area contributed by atoms with E-state index in [0.29, 0.717) is 0 Å². The number of hydrogen-bond acceptors (Lipinski definition) is 7. The normalized spacial score (nSPS) is 10.9. The molecule has 0 spiro atoms. The minimum absolute atomic E-state index is 0.0816. The van der Waals surface area contributed by atoms with Crippen LogP contribution in [0.3, 0.4) is 0 Å². The fourth-order valence-corrected chi connectivity index (χ4v) is 1.47. The van der Waals surface area contributed by atoms with E-state index in [1.54, 1.807) is 20.8 Å². The van der Waals surface area contributed by atoms with Gasteiger partial charge in [-0.25, -0.2) is 9.59 Å². The van der Waals surface area contributed by atoms with E-state index in [0.717, 1.165) is 0 Å². The number of hydrogen-bond donors (Lipinski definition) is 1. The van der Waals surface area contributed by atoms with Gasteiger partial charge in [0.1, 0.15) is 11.3 Å². The van der Waals surface area contributed by atoms with Crippen molar-refractivity contribution in [2.75, 3.05) is 13.7 Å². The minimum Gasteiger partial charge on any atom is -0.464 e. The first-order valence-corrected chi connectivity index (χ1v) is 6.23. The molecule has 1 rings (SSSR count). The van der Waals surface area contributed by atoms with E-state index in [2.05, 4.69) is 20.3 Å². The van der Waals surface area contributed by atoms with Crippen LogP contribution in [0.25, 0.3) is 0 Å². The fraction of sp³-hybridized carbons (Fsp3) is 0.583. The summed E-state index contributed by atoms with van der Waals surface area (Å²) in [5, 5.41) is 8.99. The summed E-state index contributed by atoms with van der Waals surface area (Å²) in [7, 11) is 1.21. The van der Waals surface area contributed by atoms with Crippen molar-refractivity contribution in [3.63, 3.8) is 0 Å². The Balaban J connectivity index is 2.63. The fourth-order valence-electron chi connectivity index (χ4n) is 1.47. The molecule has 0 radical (unpaired) electrons. The standard InChI is InChI=1S/C12H18N4O5/c1-12(2,3)21-11(18)13-5-6-16-8(10(17)20-4)7-9(14-16)15-19/h7H,5-6H2,1-4H3,(H,13,18). The molecule has 0 saturated heterocycles. The Labute approximate surface area is 121 Å². The van der Waals surface area contributed by atoms with E-state index in [9.17, 15) is 14.5 Å². The van der Waals surface area contributed by atoms with Crippen LogP contribution in [-0.2, 0) is 16.0 Å². The lowest BCUT2D eigenvalue weighted by Gasteiger charge is -2.19. The molecule has 0 unspecified atom stereocenters. The number of nitrogens with zero attached hydrogens (tertiary/aromatic N) is 3. The number of esters is 1. The van der Waals surface area contributed by atoms with Crippen LogP contribution >= 0.6 is 0 Å². The first kappa shape index (κ1) is 16.6. The lowest BCUT2D eigenvalue weighted by molar-refractivity contribution is 0.0525. The van der Waals surface area contributed by atoms with Crippen LogP contribution in [0, 0.1) is 4.91 Å². The van der Waals surface area contributed by atoms with Gasteiger partial charge in [-0.3, -0.25) is 4.68 Å². The van der Waals surface area contributed by atoms with Crippen LogP contribution < -0.4 is 5.32 Å². The largest absolute Gasteiger partial charge is 0.464 e. The molecule has 0 aliphatic rings. The maximum atomic E-state index is 11.5. The summed E-state index contributed by atoms with van der Waals surface area (Å²) in [6.45, 7) is 5.57. The van der Waals surface area contributed by atoms with E-state index in [1.165, 1.54) is 17.9 Å². The van der Waals surface area contributed by atoms with Crippen molar-refractivity contribution < 1.29 is 19.1 Å². The highest BCUT2D eigenvalue weighted by molar-refractivity contribution is 5.88. The Hall–Kier alpha value is -2.45. The van der Waals surface area contributed by atoms with Gasteiger partial charge in [-0.1, -0.05) is 0 Å². The van der Waals surface area contributed by atoms with E-state index in [4.69, 9.17) is 4.74 Å². The maximum Gasteiger partial charge on any atom is 0.407 e. The van der Waals surface area contributed by atoms with Gasteiger partial charge in [0, 0.05) is 12.6 Å². The highest BCUT2D eigenvalue weighted by atomic mass is 16.6. The van der Waals surface area contributed by atoms with Crippen LogP contribution in [-0.4, -0.2) is 41.1 Å². The highest BCUT2D eigenvalue weighted by Crippen LogP contribution is 2.13. The van der Waals surface area contributed by atoms with Gasteiger partial charge in [0.25, 0.3) is 0 Å². The summed E-state index contributed by atoms with van der Waals surface area (Å²) in [5.41, 5.74) is -0.514. The van der Waals surface area contributed by atoms with Crippen LogP contribution in [0.15, 0.2) is 11.2 Å². The molecule has 1 N–H and O–H groups in total. The highest BCUT2D eigenvalue weighted by Gasteiger charge is 2.18. The van der Waals surface area contributed by atoms with Crippen LogP contribution in [0.1, 0.15) is 31.3 Å². The van der Waals surface area contributed by atoms with Gasteiger partial charge in [0.15, 0.2) is 0 Å². The number of carbonyl (C=O) groups is 2. The average molecular weight is 298 g/mol. The lowest BCUT2D eigenvalue weighted by atomic mass is 10.2. The van der Waals surface area contributed by atoms with Gasteiger partial charge in [-0.2, -0.15) is 0 Å². The molecule has 0 aromatic carbocycles. The zero-order chi connectivity index (χ0) is 16.0. The minimum atomic E-state index is -0.644. The van der Waals surface area contributed by atoms with E-state index in [1.807, 2.05) is 0 Å². The number of ether oxygens (including phenoxy) is 2. The van der Waals surface area contributed by atoms with E-state index < -0.39 is 17.7 Å². The monoisotopic (exact) mass is 298 g/mol. The number of amides is 1. The molecular formula is C12H18N4O5. The molecule has 1 amide bonds. The molecule has 0 aliphatic carbocycles. The number of nitrogens with one attached hydrogen (secondary N) is 1. The molecule has 21 heavy (non-hydrogen) atoms. The Morgan fingerprint density at radius 2 is 2.10 bits per heavy atom. The molecule has 0 atom stereocenters. The second-order valence-electron chi connectivity index (χ2n) is 5.12. The predicted molar refractivity (Wildman–Crippen MR) is 73.3 cm³/mol. The van der Waals surface area contributed by atoms with Crippen molar-refractivity contribution in [3.8, 4) is 0 Å². The number of alkyl carbamates (subject to hydrolysis) is 1. The molecule has 0 bridgehead atoms. The van der Waals surface area contributed by atoms with Gasteiger partial charge in [0.05, 0.1) is 13.7 Å². The first-order valence-electron chi connectivity index (χ1n) is 6.23. The molecule has 0 aliphatic heterocycles. The molecular weight excluding hydrogens is 280 g/mol. The second-order valence-corrected chi connectivity index (χ2v) is 5.12. The number of carbonyl (C=O) groups excluding carboxylic acids is 2. The van der Waals surface area contributed by atoms with Crippen molar-refractivity contribution >= 4 is 17.9 Å². The smallest absolute Gasteiger partial charge is 0.407 e.